The highest BCUT2D eigenvalue weighted by Crippen LogP contribution is 2.43. The molecule has 468 valence electrons. The highest BCUT2D eigenvalue weighted by molar-refractivity contribution is 7.47. The summed E-state index contributed by atoms with van der Waals surface area (Å²) in [4.78, 5) is 35.3. The van der Waals surface area contributed by atoms with Gasteiger partial charge in [0.2, 0.25) is 0 Å². The van der Waals surface area contributed by atoms with Crippen molar-refractivity contribution in [1.82, 2.24) is 0 Å². The Hall–Kier alpha value is -1.51. The molecule has 0 saturated carbocycles. The third-order valence-corrected chi connectivity index (χ3v) is 16.8. The number of phosphoric ester groups is 1. The van der Waals surface area contributed by atoms with Gasteiger partial charge >= 0.3 is 19.8 Å². The normalized spacial score (nSPS) is 13.0. The molecule has 3 N–H and O–H groups in total. The van der Waals surface area contributed by atoms with Crippen LogP contribution in [0.15, 0.2) is 24.3 Å². The summed E-state index contributed by atoms with van der Waals surface area (Å²) in [5, 5.41) is 0. The van der Waals surface area contributed by atoms with E-state index in [-0.39, 0.29) is 38.6 Å². The van der Waals surface area contributed by atoms with E-state index in [4.69, 9.17) is 24.3 Å². The number of hydrogen-bond acceptors (Lipinski definition) is 8. The van der Waals surface area contributed by atoms with Crippen LogP contribution in [-0.4, -0.2) is 49.3 Å². The first-order valence-electron chi connectivity index (χ1n) is 34.8. The Balaban J connectivity index is 3.82. The van der Waals surface area contributed by atoms with Crippen molar-refractivity contribution in [2.45, 2.75) is 380 Å². The second kappa shape index (κ2) is 65.6. The SMILES string of the molecule is CCCCCCC/C=C\C/C=C\CCCCCCCCCCCCCCCCCCCCCC(=O)OC(COC(=O)CCCCCCCCCCCCCCCCCCCCCCCCCCCCC)COP(=O)(O)OCCN. The summed E-state index contributed by atoms with van der Waals surface area (Å²) in [5.74, 6) is -0.802. The number of phosphoric acid groups is 1. The van der Waals surface area contributed by atoms with E-state index in [1.807, 2.05) is 0 Å². The number of rotatable bonds is 67. The molecule has 2 unspecified atom stereocenters. The van der Waals surface area contributed by atoms with Crippen molar-refractivity contribution in [3.63, 3.8) is 0 Å². The first-order chi connectivity index (χ1) is 38.8. The number of carbonyl (C=O) groups is 2. The number of esters is 2. The first-order valence-corrected chi connectivity index (χ1v) is 36.3. The van der Waals surface area contributed by atoms with Crippen molar-refractivity contribution in [3.05, 3.63) is 24.3 Å². The van der Waals surface area contributed by atoms with Gasteiger partial charge in [0.15, 0.2) is 6.10 Å². The van der Waals surface area contributed by atoms with Crippen LogP contribution in [0.25, 0.3) is 0 Å². The predicted octanol–water partition coefficient (Wildman–Crippen LogP) is 22.5. The Bertz CT molecular complexity index is 1340. The Morgan fingerprint density at radius 1 is 0.380 bits per heavy atom. The average molecular weight is 1140 g/mol. The molecule has 0 heterocycles. The molecule has 0 fully saturated rings. The molecule has 0 aromatic heterocycles. The van der Waals surface area contributed by atoms with E-state index >= 15 is 0 Å². The second-order valence-electron chi connectivity index (χ2n) is 23.8. The zero-order chi connectivity index (χ0) is 57.3. The van der Waals surface area contributed by atoms with Crippen molar-refractivity contribution in [2.75, 3.05) is 26.4 Å². The second-order valence-corrected chi connectivity index (χ2v) is 25.2. The molecule has 0 aliphatic carbocycles. The van der Waals surface area contributed by atoms with Crippen LogP contribution >= 0.6 is 7.82 Å². The molecule has 0 amide bonds. The minimum absolute atomic E-state index is 0.0570. The fourth-order valence-corrected chi connectivity index (χ4v) is 11.4. The van der Waals surface area contributed by atoms with Gasteiger partial charge in [0, 0.05) is 19.4 Å². The van der Waals surface area contributed by atoms with E-state index in [2.05, 4.69) is 38.2 Å². The van der Waals surface area contributed by atoms with Gasteiger partial charge in [-0.15, -0.1) is 0 Å². The maximum atomic E-state index is 12.8. The number of ether oxygens (including phenoxy) is 2. The van der Waals surface area contributed by atoms with E-state index in [9.17, 15) is 19.0 Å². The minimum Gasteiger partial charge on any atom is -0.462 e. The van der Waals surface area contributed by atoms with Crippen molar-refractivity contribution in [1.29, 1.82) is 0 Å². The van der Waals surface area contributed by atoms with Gasteiger partial charge in [-0.2, -0.15) is 0 Å². The Morgan fingerprint density at radius 3 is 0.962 bits per heavy atom. The topological polar surface area (TPSA) is 134 Å². The molecule has 0 radical (unpaired) electrons. The van der Waals surface area contributed by atoms with Crippen molar-refractivity contribution < 1.29 is 37.6 Å². The zero-order valence-electron chi connectivity index (χ0n) is 52.6. The number of hydrogen-bond donors (Lipinski definition) is 2. The molecule has 0 aromatic carbocycles. The van der Waals surface area contributed by atoms with E-state index < -0.39 is 26.5 Å². The number of unbranched alkanes of at least 4 members (excludes halogenated alkanes) is 50. The summed E-state index contributed by atoms with van der Waals surface area (Å²) < 4.78 is 33.2. The Morgan fingerprint density at radius 2 is 0.658 bits per heavy atom. The third-order valence-electron chi connectivity index (χ3n) is 15.8. The highest BCUT2D eigenvalue weighted by Gasteiger charge is 2.26. The molecule has 0 spiro atoms. The van der Waals surface area contributed by atoms with E-state index in [1.54, 1.807) is 0 Å². The predicted molar refractivity (Wildman–Crippen MR) is 340 cm³/mol. The van der Waals surface area contributed by atoms with Gasteiger partial charge in [-0.25, -0.2) is 4.57 Å². The number of nitrogens with two attached hydrogens (primary N) is 1. The molecule has 0 saturated heterocycles. The molecule has 0 aromatic rings. The van der Waals surface area contributed by atoms with Crippen LogP contribution in [0.3, 0.4) is 0 Å². The summed E-state index contributed by atoms with van der Waals surface area (Å²) in [6.07, 6.45) is 79.9. The van der Waals surface area contributed by atoms with E-state index in [0.717, 1.165) is 38.5 Å². The molecule has 79 heavy (non-hydrogen) atoms. The van der Waals surface area contributed by atoms with Crippen LogP contribution in [0.1, 0.15) is 373 Å². The maximum Gasteiger partial charge on any atom is 0.472 e. The molecular weight excluding hydrogens is 1000 g/mol. The summed E-state index contributed by atoms with van der Waals surface area (Å²) in [7, 11) is -4.39. The van der Waals surface area contributed by atoms with Gasteiger partial charge in [0.25, 0.3) is 0 Å². The van der Waals surface area contributed by atoms with Crippen molar-refractivity contribution in [2.24, 2.45) is 5.73 Å². The lowest BCUT2D eigenvalue weighted by Gasteiger charge is -2.19. The lowest BCUT2D eigenvalue weighted by molar-refractivity contribution is -0.161. The molecule has 0 rings (SSSR count). The molecule has 0 aliphatic heterocycles. The lowest BCUT2D eigenvalue weighted by atomic mass is 10.0. The third kappa shape index (κ3) is 65.5. The number of allylic oxidation sites excluding steroid dienone is 4. The van der Waals surface area contributed by atoms with Crippen LogP contribution < -0.4 is 5.73 Å². The van der Waals surface area contributed by atoms with Crippen LogP contribution in [0, 0.1) is 0 Å². The molecule has 0 aliphatic rings. The largest absolute Gasteiger partial charge is 0.472 e. The lowest BCUT2D eigenvalue weighted by Crippen LogP contribution is -2.29. The Labute approximate surface area is 491 Å². The highest BCUT2D eigenvalue weighted by atomic mass is 31.2. The van der Waals surface area contributed by atoms with Crippen molar-refractivity contribution in [3.8, 4) is 0 Å². The van der Waals surface area contributed by atoms with Crippen molar-refractivity contribution >= 4 is 19.8 Å². The van der Waals surface area contributed by atoms with Gasteiger partial charge in [0.1, 0.15) is 6.61 Å². The van der Waals surface area contributed by atoms with Gasteiger partial charge < -0.3 is 20.1 Å². The monoisotopic (exact) mass is 1140 g/mol. The van der Waals surface area contributed by atoms with Crippen LogP contribution in [0.4, 0.5) is 0 Å². The summed E-state index contributed by atoms with van der Waals surface area (Å²) in [5.41, 5.74) is 5.40. The van der Waals surface area contributed by atoms with Crippen LogP contribution in [-0.2, 0) is 32.7 Å². The molecular formula is C69H134NO8P. The Kier molecular flexibility index (Phi) is 64.4. The van der Waals surface area contributed by atoms with Crippen LogP contribution in [0.2, 0.25) is 0 Å². The summed E-state index contributed by atoms with van der Waals surface area (Å²) in [6, 6.07) is 0. The van der Waals surface area contributed by atoms with Crippen LogP contribution in [0.5, 0.6) is 0 Å². The van der Waals surface area contributed by atoms with Gasteiger partial charge in [0.05, 0.1) is 13.2 Å². The number of carbonyl (C=O) groups excluding carboxylic acids is 2. The first kappa shape index (κ1) is 77.5. The summed E-state index contributed by atoms with van der Waals surface area (Å²) in [6.45, 7) is 3.82. The molecule has 9 nitrogen and oxygen atoms in total. The fourth-order valence-electron chi connectivity index (χ4n) is 10.7. The van der Waals surface area contributed by atoms with E-state index in [0.29, 0.717) is 6.42 Å². The molecule has 10 heteroatoms. The average Bonchev–Trinajstić information content (AvgIpc) is 3.44. The summed E-state index contributed by atoms with van der Waals surface area (Å²) >= 11 is 0. The van der Waals surface area contributed by atoms with Gasteiger partial charge in [-0.1, -0.05) is 340 Å². The van der Waals surface area contributed by atoms with Gasteiger partial charge in [-0.3, -0.25) is 18.6 Å². The standard InChI is InChI=1S/C69H134NO8P/c1-3-5-7-9-11-13-15-17-19-21-23-25-27-29-31-32-33-34-36-38-40-42-44-46-48-50-52-54-56-58-60-62-69(72)78-67(66-77-79(73,74)76-64-63-70)65-75-68(71)61-59-57-55-53-51-49-47-45-43-41-39-37-35-30-28-26-24-22-20-18-16-14-12-10-8-6-4-2/h15,17,21,23,67H,3-14,16,18-20,22,24-66,70H2,1-2H3,(H,73,74)/b17-15-,23-21-. The maximum absolute atomic E-state index is 12.8. The smallest absolute Gasteiger partial charge is 0.462 e. The molecule has 2 atom stereocenters. The zero-order valence-corrected chi connectivity index (χ0v) is 53.5. The fraction of sp³-hybridized carbons (Fsp3) is 0.913. The molecule has 0 bridgehead atoms. The quantitative estimate of drug-likeness (QED) is 0.0264. The van der Waals surface area contributed by atoms with Gasteiger partial charge in [-0.05, 0) is 44.9 Å². The van der Waals surface area contributed by atoms with E-state index in [1.165, 1.54) is 302 Å². The minimum atomic E-state index is -4.39.